The monoisotopic (exact) mass is 316 g/mol. The van der Waals surface area contributed by atoms with Crippen LogP contribution in [0.2, 0.25) is 0 Å². The normalized spacial score (nSPS) is 18.8. The number of nitrogens with zero attached hydrogens (tertiary/aromatic N) is 1. The molecule has 1 aromatic carbocycles. The van der Waals surface area contributed by atoms with Gasteiger partial charge in [-0.2, -0.15) is 0 Å². The summed E-state index contributed by atoms with van der Waals surface area (Å²) in [7, 11) is 0. The first-order chi connectivity index (χ1) is 8.54. The average Bonchev–Trinajstić information content (AvgIpc) is 2.68. The highest BCUT2D eigenvalue weighted by atomic mass is 79.9. The van der Waals surface area contributed by atoms with Gasteiger partial charge in [0.05, 0.1) is 4.47 Å². The maximum absolute atomic E-state index is 13.4. The Hall–Kier alpha value is -1.30. The van der Waals surface area contributed by atoms with Crippen molar-refractivity contribution in [3.63, 3.8) is 0 Å². The van der Waals surface area contributed by atoms with Crippen molar-refractivity contribution in [3.05, 3.63) is 33.8 Å². The first kappa shape index (κ1) is 13.1. The molecule has 2 rings (SSSR count). The summed E-state index contributed by atoms with van der Waals surface area (Å²) in [4.78, 5) is 15.8. The molecule has 0 saturated carbocycles. The second-order valence-electron chi connectivity index (χ2n) is 3.99. The SMILES string of the molecule is CCCC1N=C(c2ccc(F)c(F)c2Br)NC1=O. The van der Waals surface area contributed by atoms with Crippen LogP contribution in [-0.4, -0.2) is 17.8 Å². The van der Waals surface area contributed by atoms with Crippen LogP contribution in [0.15, 0.2) is 21.6 Å². The van der Waals surface area contributed by atoms with Crippen molar-refractivity contribution < 1.29 is 13.6 Å². The molecule has 0 radical (unpaired) electrons. The van der Waals surface area contributed by atoms with Gasteiger partial charge in [-0.05, 0) is 34.5 Å². The maximum Gasteiger partial charge on any atom is 0.250 e. The van der Waals surface area contributed by atoms with Gasteiger partial charge in [0, 0.05) is 5.56 Å². The van der Waals surface area contributed by atoms with Crippen LogP contribution in [-0.2, 0) is 4.79 Å². The standard InChI is InChI=1S/C12H11BrF2N2O/c1-2-3-8-12(18)17-11(16-8)6-4-5-7(14)10(15)9(6)13/h4-5,8H,2-3H2,1H3,(H,16,17,18). The van der Waals surface area contributed by atoms with Crippen LogP contribution in [0.3, 0.4) is 0 Å². The summed E-state index contributed by atoms with van der Waals surface area (Å²) in [5.41, 5.74) is 0.348. The molecule has 1 N–H and O–H groups in total. The predicted octanol–water partition coefficient (Wildman–Crippen LogP) is 2.77. The highest BCUT2D eigenvalue weighted by Crippen LogP contribution is 2.25. The molecule has 3 nitrogen and oxygen atoms in total. The largest absolute Gasteiger partial charge is 0.309 e. The van der Waals surface area contributed by atoms with E-state index in [1.54, 1.807) is 0 Å². The van der Waals surface area contributed by atoms with Gasteiger partial charge in [0.1, 0.15) is 11.9 Å². The lowest BCUT2D eigenvalue weighted by Gasteiger charge is -2.05. The second kappa shape index (κ2) is 5.14. The fourth-order valence-corrected chi connectivity index (χ4v) is 2.27. The molecule has 1 amide bonds. The Morgan fingerprint density at radius 2 is 2.17 bits per heavy atom. The number of halogens is 3. The highest BCUT2D eigenvalue weighted by molar-refractivity contribution is 9.10. The summed E-state index contributed by atoms with van der Waals surface area (Å²) in [5.74, 6) is -1.85. The lowest BCUT2D eigenvalue weighted by atomic mass is 10.2. The molecule has 0 saturated heterocycles. The fraction of sp³-hybridized carbons (Fsp3) is 0.333. The first-order valence-electron chi connectivity index (χ1n) is 5.57. The molecule has 0 bridgehead atoms. The van der Waals surface area contributed by atoms with Gasteiger partial charge in [0.15, 0.2) is 11.6 Å². The van der Waals surface area contributed by atoms with E-state index in [4.69, 9.17) is 0 Å². The van der Waals surface area contributed by atoms with Crippen LogP contribution in [0.25, 0.3) is 0 Å². The molecule has 0 aromatic heterocycles. The summed E-state index contributed by atoms with van der Waals surface area (Å²) in [6, 6.07) is 1.96. The molecular weight excluding hydrogens is 306 g/mol. The van der Waals surface area contributed by atoms with Gasteiger partial charge in [-0.25, -0.2) is 8.78 Å². The molecule has 1 aliphatic heterocycles. The number of hydrogen-bond acceptors (Lipinski definition) is 2. The smallest absolute Gasteiger partial charge is 0.250 e. The summed E-state index contributed by atoms with van der Waals surface area (Å²) in [6.45, 7) is 1.95. The first-order valence-corrected chi connectivity index (χ1v) is 6.36. The van der Waals surface area contributed by atoms with Gasteiger partial charge >= 0.3 is 0 Å². The number of amidine groups is 1. The summed E-state index contributed by atoms with van der Waals surface area (Å²) < 4.78 is 26.4. The predicted molar refractivity (Wildman–Crippen MR) is 67.4 cm³/mol. The third-order valence-electron chi connectivity index (χ3n) is 2.68. The molecule has 1 unspecified atom stereocenters. The molecule has 96 valence electrons. The molecule has 1 atom stereocenters. The van der Waals surface area contributed by atoms with Crippen LogP contribution in [0.5, 0.6) is 0 Å². The number of carbonyl (C=O) groups excluding carboxylic acids is 1. The van der Waals surface area contributed by atoms with Crippen molar-refractivity contribution in [1.29, 1.82) is 0 Å². The van der Waals surface area contributed by atoms with Crippen molar-refractivity contribution >= 4 is 27.7 Å². The maximum atomic E-state index is 13.4. The Balaban J connectivity index is 2.36. The summed E-state index contributed by atoms with van der Waals surface area (Å²) in [5, 5.41) is 2.58. The van der Waals surface area contributed by atoms with Gasteiger partial charge < -0.3 is 5.32 Å². The van der Waals surface area contributed by atoms with Gasteiger partial charge in [-0.3, -0.25) is 9.79 Å². The van der Waals surface area contributed by atoms with Crippen molar-refractivity contribution in [2.24, 2.45) is 4.99 Å². The van der Waals surface area contributed by atoms with Gasteiger partial charge in [-0.15, -0.1) is 0 Å². The zero-order valence-electron chi connectivity index (χ0n) is 9.64. The Labute approximate surface area is 111 Å². The van der Waals surface area contributed by atoms with Gasteiger partial charge in [0.2, 0.25) is 5.91 Å². The van der Waals surface area contributed by atoms with Crippen LogP contribution < -0.4 is 5.32 Å². The second-order valence-corrected chi connectivity index (χ2v) is 4.79. The van der Waals surface area contributed by atoms with Gasteiger partial charge in [-0.1, -0.05) is 13.3 Å². The third kappa shape index (κ3) is 2.29. The Bertz CT molecular complexity index is 531. The highest BCUT2D eigenvalue weighted by Gasteiger charge is 2.28. The van der Waals surface area contributed by atoms with Crippen molar-refractivity contribution in [2.75, 3.05) is 0 Å². The van der Waals surface area contributed by atoms with Crippen LogP contribution in [0, 0.1) is 11.6 Å². The Kier molecular flexibility index (Phi) is 3.75. The number of rotatable bonds is 3. The molecular formula is C12H11BrF2N2O. The molecule has 0 fully saturated rings. The van der Waals surface area contributed by atoms with Gasteiger partial charge in [0.25, 0.3) is 0 Å². The van der Waals surface area contributed by atoms with Crippen molar-refractivity contribution in [3.8, 4) is 0 Å². The zero-order chi connectivity index (χ0) is 13.3. The molecule has 1 aromatic rings. The number of benzene rings is 1. The molecule has 18 heavy (non-hydrogen) atoms. The molecule has 0 aliphatic carbocycles. The van der Waals surface area contributed by atoms with E-state index in [1.807, 2.05) is 6.92 Å². The molecule has 1 aliphatic rings. The van der Waals surface area contributed by atoms with E-state index >= 15 is 0 Å². The van der Waals surface area contributed by atoms with Crippen LogP contribution in [0.1, 0.15) is 25.3 Å². The number of amides is 1. The zero-order valence-corrected chi connectivity index (χ0v) is 11.2. The van der Waals surface area contributed by atoms with Crippen LogP contribution in [0.4, 0.5) is 8.78 Å². The number of nitrogens with one attached hydrogen (secondary N) is 1. The van der Waals surface area contributed by atoms with E-state index in [0.29, 0.717) is 12.0 Å². The van der Waals surface area contributed by atoms with E-state index in [-0.39, 0.29) is 16.2 Å². The average molecular weight is 317 g/mol. The fourth-order valence-electron chi connectivity index (χ4n) is 1.76. The molecule has 6 heteroatoms. The van der Waals surface area contributed by atoms with Crippen molar-refractivity contribution in [2.45, 2.75) is 25.8 Å². The van der Waals surface area contributed by atoms with Crippen LogP contribution >= 0.6 is 15.9 Å². The number of hydrogen-bond donors (Lipinski definition) is 1. The number of carbonyl (C=O) groups is 1. The summed E-state index contributed by atoms with van der Waals surface area (Å²) in [6.07, 6.45) is 1.46. The quantitative estimate of drug-likeness (QED) is 0.856. The summed E-state index contributed by atoms with van der Waals surface area (Å²) >= 11 is 2.97. The topological polar surface area (TPSA) is 41.5 Å². The van der Waals surface area contributed by atoms with E-state index in [2.05, 4.69) is 26.2 Å². The molecule has 0 spiro atoms. The lowest BCUT2D eigenvalue weighted by molar-refractivity contribution is -0.120. The number of aliphatic imine (C=N–C) groups is 1. The van der Waals surface area contributed by atoms with Crippen molar-refractivity contribution in [1.82, 2.24) is 5.32 Å². The van der Waals surface area contributed by atoms with E-state index < -0.39 is 17.7 Å². The van der Waals surface area contributed by atoms with E-state index in [0.717, 1.165) is 12.5 Å². The Morgan fingerprint density at radius 3 is 2.83 bits per heavy atom. The molecule has 1 heterocycles. The minimum atomic E-state index is -0.983. The van der Waals surface area contributed by atoms with E-state index in [1.165, 1.54) is 6.07 Å². The van der Waals surface area contributed by atoms with E-state index in [9.17, 15) is 13.6 Å². The lowest BCUT2D eigenvalue weighted by Crippen LogP contribution is -2.29. The Morgan fingerprint density at radius 1 is 1.44 bits per heavy atom. The third-order valence-corrected chi connectivity index (χ3v) is 3.46. The minimum Gasteiger partial charge on any atom is -0.309 e. The minimum absolute atomic E-state index is 0.0290.